The normalized spacial score (nSPS) is 14.2. The van der Waals surface area contributed by atoms with Crippen LogP contribution in [0, 0.1) is 11.8 Å². The number of sulfone groups is 1. The summed E-state index contributed by atoms with van der Waals surface area (Å²) in [6.45, 7) is 4.81. The molecule has 0 spiro atoms. The highest BCUT2D eigenvalue weighted by Gasteiger charge is 2.15. The molecule has 0 unspecified atom stereocenters. The Kier molecular flexibility index (Phi) is 11.0. The summed E-state index contributed by atoms with van der Waals surface area (Å²) in [6.07, 6.45) is 4.35. The second kappa shape index (κ2) is 14.2. The van der Waals surface area contributed by atoms with Gasteiger partial charge in [-0.25, -0.2) is 8.42 Å². The van der Waals surface area contributed by atoms with Crippen molar-refractivity contribution in [2.45, 2.75) is 43.7 Å². The number of hydrogen-bond acceptors (Lipinski definition) is 5. The van der Waals surface area contributed by atoms with Crippen LogP contribution in [-0.2, 0) is 27.8 Å². The Hall–Kier alpha value is -3.51. The highest BCUT2D eigenvalue weighted by atomic mass is 32.2. The molecule has 4 rings (SSSR count). The zero-order valence-corrected chi connectivity index (χ0v) is 24.6. The lowest BCUT2D eigenvalue weighted by Crippen LogP contribution is -2.28. The molecule has 0 aromatic heterocycles. The van der Waals surface area contributed by atoms with Crippen molar-refractivity contribution >= 4 is 34.9 Å². The summed E-state index contributed by atoms with van der Waals surface area (Å²) < 4.78 is 29.3. The molecule has 1 atom stereocenters. The van der Waals surface area contributed by atoms with Gasteiger partial charge in [-0.2, -0.15) is 13.5 Å². The standard InChI is InChI=1S/C32H33NO5S.H2S/c1-3-4-29(21-32(34)35)27-9-13-30(14-10-27)38-23-25-7-5-24(6-8-25)22-33-19-17-28(18-20-33)26-11-15-31(16-12-26)39(2,36)37;/h5-17,29H,18-23H2,1-2H3,(H,34,35);1H2/t29-;/m0./s1. The minimum absolute atomic E-state index is 0. The third kappa shape index (κ3) is 8.75. The second-order valence-corrected chi connectivity index (χ2v) is 11.7. The second-order valence-electron chi connectivity index (χ2n) is 9.73. The highest BCUT2D eigenvalue weighted by molar-refractivity contribution is 7.90. The lowest BCUT2D eigenvalue weighted by atomic mass is 9.96. The average molecular weight is 578 g/mol. The highest BCUT2D eigenvalue weighted by Crippen LogP contribution is 2.25. The van der Waals surface area contributed by atoms with Crippen molar-refractivity contribution in [2.75, 3.05) is 19.3 Å². The van der Waals surface area contributed by atoms with Crippen LogP contribution in [0.15, 0.2) is 83.8 Å². The topological polar surface area (TPSA) is 83.9 Å². The molecule has 1 heterocycles. The summed E-state index contributed by atoms with van der Waals surface area (Å²) >= 11 is 0. The van der Waals surface area contributed by atoms with E-state index in [1.54, 1.807) is 19.1 Å². The smallest absolute Gasteiger partial charge is 0.304 e. The molecule has 0 aliphatic carbocycles. The molecule has 0 fully saturated rings. The van der Waals surface area contributed by atoms with Crippen LogP contribution in [0.5, 0.6) is 5.75 Å². The number of ether oxygens (including phenoxy) is 1. The Bertz CT molecular complexity index is 1480. The zero-order valence-electron chi connectivity index (χ0n) is 22.8. The molecule has 8 heteroatoms. The monoisotopic (exact) mass is 577 g/mol. The number of benzene rings is 3. The molecule has 0 bridgehead atoms. The first-order valence-corrected chi connectivity index (χ1v) is 14.8. The Morgan fingerprint density at radius 1 is 1.00 bits per heavy atom. The van der Waals surface area contributed by atoms with E-state index < -0.39 is 15.8 Å². The first-order chi connectivity index (χ1) is 18.7. The van der Waals surface area contributed by atoms with Gasteiger partial charge in [-0.3, -0.25) is 9.69 Å². The first kappa shape index (κ1) is 31.0. The van der Waals surface area contributed by atoms with Gasteiger partial charge in [-0.1, -0.05) is 60.5 Å². The van der Waals surface area contributed by atoms with Crippen LogP contribution in [0.2, 0.25) is 0 Å². The fourth-order valence-corrected chi connectivity index (χ4v) is 5.23. The van der Waals surface area contributed by atoms with Crippen LogP contribution >= 0.6 is 13.5 Å². The molecule has 6 nitrogen and oxygen atoms in total. The van der Waals surface area contributed by atoms with Crippen LogP contribution in [0.25, 0.3) is 5.57 Å². The predicted octanol–water partition coefficient (Wildman–Crippen LogP) is 5.65. The maximum absolute atomic E-state index is 11.7. The molecule has 0 amide bonds. The molecular weight excluding hydrogens is 542 g/mol. The van der Waals surface area contributed by atoms with Gasteiger partial charge in [-0.15, -0.1) is 5.92 Å². The van der Waals surface area contributed by atoms with Crippen LogP contribution < -0.4 is 4.74 Å². The summed E-state index contributed by atoms with van der Waals surface area (Å²) in [5.41, 5.74) is 5.51. The molecule has 0 saturated carbocycles. The van der Waals surface area contributed by atoms with Gasteiger partial charge in [0.2, 0.25) is 0 Å². The summed E-state index contributed by atoms with van der Waals surface area (Å²) in [4.78, 5) is 13.8. The van der Waals surface area contributed by atoms with E-state index in [2.05, 4.69) is 47.1 Å². The van der Waals surface area contributed by atoms with E-state index in [1.807, 2.05) is 36.4 Å². The summed E-state index contributed by atoms with van der Waals surface area (Å²) in [7, 11) is -3.18. The number of rotatable bonds is 10. The fourth-order valence-electron chi connectivity index (χ4n) is 4.60. The maximum atomic E-state index is 11.7. The summed E-state index contributed by atoms with van der Waals surface area (Å²) in [6, 6.07) is 23.0. The number of hydrogen-bond donors (Lipinski definition) is 1. The molecule has 210 valence electrons. The van der Waals surface area contributed by atoms with Gasteiger partial charge in [0.1, 0.15) is 12.4 Å². The molecule has 1 aliphatic heterocycles. The molecular formula is C32H35NO5S2. The van der Waals surface area contributed by atoms with E-state index in [9.17, 15) is 13.2 Å². The fraction of sp³-hybridized carbons (Fsp3) is 0.281. The van der Waals surface area contributed by atoms with Gasteiger partial charge in [0.05, 0.1) is 17.2 Å². The molecule has 0 saturated heterocycles. The molecule has 3 aromatic carbocycles. The predicted molar refractivity (Wildman–Crippen MR) is 163 cm³/mol. The van der Waals surface area contributed by atoms with Crippen molar-refractivity contribution in [1.82, 2.24) is 4.90 Å². The van der Waals surface area contributed by atoms with Crippen molar-refractivity contribution in [3.8, 4) is 17.6 Å². The Labute approximate surface area is 244 Å². The summed E-state index contributed by atoms with van der Waals surface area (Å²) in [5, 5.41) is 9.12. The zero-order chi connectivity index (χ0) is 27.8. The van der Waals surface area contributed by atoms with Gasteiger partial charge >= 0.3 is 5.97 Å². The van der Waals surface area contributed by atoms with E-state index in [0.29, 0.717) is 11.5 Å². The molecule has 0 radical (unpaired) electrons. The van der Waals surface area contributed by atoms with Crippen molar-refractivity contribution < 1.29 is 23.1 Å². The van der Waals surface area contributed by atoms with Gasteiger partial charge in [-0.05, 0) is 65.4 Å². The van der Waals surface area contributed by atoms with Crippen molar-refractivity contribution in [1.29, 1.82) is 0 Å². The number of carboxylic acids is 1. The molecule has 1 aliphatic rings. The maximum Gasteiger partial charge on any atom is 0.304 e. The number of carboxylic acid groups (broad SMARTS) is 1. The number of aliphatic carboxylic acids is 1. The van der Waals surface area contributed by atoms with Gasteiger partial charge in [0.25, 0.3) is 0 Å². The Morgan fingerprint density at radius 3 is 2.20 bits per heavy atom. The van der Waals surface area contributed by atoms with E-state index >= 15 is 0 Å². The minimum atomic E-state index is -3.18. The van der Waals surface area contributed by atoms with Crippen LogP contribution in [0.4, 0.5) is 0 Å². The van der Waals surface area contributed by atoms with Crippen LogP contribution in [-0.4, -0.2) is 43.7 Å². The average Bonchev–Trinajstić information content (AvgIpc) is 2.93. The molecule has 1 N–H and O–H groups in total. The lowest BCUT2D eigenvalue weighted by molar-refractivity contribution is -0.137. The van der Waals surface area contributed by atoms with Crippen LogP contribution in [0.1, 0.15) is 47.9 Å². The largest absolute Gasteiger partial charge is 0.489 e. The van der Waals surface area contributed by atoms with E-state index in [1.165, 1.54) is 17.4 Å². The Morgan fingerprint density at radius 2 is 1.65 bits per heavy atom. The third-order valence-electron chi connectivity index (χ3n) is 6.76. The van der Waals surface area contributed by atoms with E-state index in [4.69, 9.17) is 9.84 Å². The number of nitrogens with zero attached hydrogens (tertiary/aromatic N) is 1. The Balaban J connectivity index is 0.00000441. The van der Waals surface area contributed by atoms with Gasteiger partial charge in [0, 0.05) is 25.9 Å². The van der Waals surface area contributed by atoms with Crippen molar-refractivity contribution in [2.24, 2.45) is 0 Å². The summed E-state index contributed by atoms with van der Waals surface area (Å²) in [5.74, 6) is 5.30. The van der Waals surface area contributed by atoms with E-state index in [-0.39, 0.29) is 25.8 Å². The van der Waals surface area contributed by atoms with Gasteiger partial charge < -0.3 is 9.84 Å². The van der Waals surface area contributed by atoms with Gasteiger partial charge in [0.15, 0.2) is 9.84 Å². The first-order valence-electron chi connectivity index (χ1n) is 12.9. The molecule has 3 aromatic rings. The number of carbonyl (C=O) groups is 1. The third-order valence-corrected chi connectivity index (χ3v) is 7.89. The van der Waals surface area contributed by atoms with Crippen molar-refractivity contribution in [3.63, 3.8) is 0 Å². The van der Waals surface area contributed by atoms with Crippen molar-refractivity contribution in [3.05, 3.63) is 101 Å². The minimum Gasteiger partial charge on any atom is -0.489 e. The SMILES string of the molecule is CC#C[C@@H](CC(=O)O)c1ccc(OCc2ccc(CN3CC=C(c4ccc(S(C)(=O)=O)cc4)CC3)cc2)cc1.S. The van der Waals surface area contributed by atoms with Crippen LogP contribution in [0.3, 0.4) is 0 Å². The van der Waals surface area contributed by atoms with E-state index in [0.717, 1.165) is 48.5 Å². The lowest BCUT2D eigenvalue weighted by Gasteiger charge is -2.26. The quantitative estimate of drug-likeness (QED) is 0.314. The molecule has 40 heavy (non-hydrogen) atoms.